The van der Waals surface area contributed by atoms with Gasteiger partial charge in [0.05, 0.1) is 24.7 Å². The quantitative estimate of drug-likeness (QED) is 0.743. The number of benzene rings is 1. The van der Waals surface area contributed by atoms with Gasteiger partial charge in [0.25, 0.3) is 5.91 Å². The number of amidine groups is 1. The predicted molar refractivity (Wildman–Crippen MR) is 104 cm³/mol. The molecule has 3 saturated heterocycles. The minimum Gasteiger partial charge on any atom is -0.497 e. The molecule has 3 aliphatic rings. The number of carbonyl (C=O) groups is 1. The average molecular weight is 411 g/mol. The van der Waals surface area contributed by atoms with Gasteiger partial charge in [0, 0.05) is 18.4 Å². The van der Waals surface area contributed by atoms with Crippen molar-refractivity contribution in [3.63, 3.8) is 0 Å². The smallest absolute Gasteiger partial charge is 0.277 e. The zero-order valence-electron chi connectivity index (χ0n) is 15.0. The molecule has 3 heterocycles. The van der Waals surface area contributed by atoms with E-state index in [9.17, 15) is 13.2 Å². The minimum atomic E-state index is -3.06. The monoisotopic (exact) mass is 410 g/mol. The van der Waals surface area contributed by atoms with E-state index < -0.39 is 15.9 Å². The molecule has 0 saturated carbocycles. The van der Waals surface area contributed by atoms with Crippen LogP contribution < -0.4 is 4.74 Å². The number of thioether (sulfide) groups is 1. The summed E-state index contributed by atoms with van der Waals surface area (Å²) < 4.78 is 34.8. The maximum absolute atomic E-state index is 12.4. The number of aliphatic imine (C=N–C) groups is 1. The molecule has 0 radical (unpaired) electrons. The molecule has 1 aromatic rings. The van der Waals surface area contributed by atoms with Crippen LogP contribution in [0, 0.1) is 0 Å². The molecule has 3 aliphatic heterocycles. The molecule has 0 unspecified atom stereocenters. The third-order valence-electron chi connectivity index (χ3n) is 5.10. The molecule has 0 aromatic heterocycles. The van der Waals surface area contributed by atoms with Gasteiger partial charge in [-0.3, -0.25) is 4.79 Å². The lowest BCUT2D eigenvalue weighted by Gasteiger charge is -2.24. The van der Waals surface area contributed by atoms with Crippen LogP contribution in [0.5, 0.6) is 5.75 Å². The number of nitrogens with zero attached hydrogens (tertiary/aromatic N) is 2. The van der Waals surface area contributed by atoms with Crippen molar-refractivity contribution in [1.29, 1.82) is 0 Å². The Balaban J connectivity index is 1.58. The van der Waals surface area contributed by atoms with Crippen LogP contribution in [0.3, 0.4) is 0 Å². The second-order valence-electron chi connectivity index (χ2n) is 7.01. The normalized spacial score (nSPS) is 30.6. The Hall–Kier alpha value is -1.58. The van der Waals surface area contributed by atoms with Crippen molar-refractivity contribution in [2.75, 3.05) is 25.2 Å². The summed E-state index contributed by atoms with van der Waals surface area (Å²) >= 11 is 1.40. The molecule has 146 valence electrons. The molecule has 27 heavy (non-hydrogen) atoms. The van der Waals surface area contributed by atoms with Gasteiger partial charge in [-0.15, -0.1) is 0 Å². The maximum Gasteiger partial charge on any atom is 0.277 e. The van der Waals surface area contributed by atoms with Crippen LogP contribution in [0.15, 0.2) is 29.3 Å². The number of carbonyl (C=O) groups excluding carboxylic acids is 1. The van der Waals surface area contributed by atoms with E-state index in [1.54, 1.807) is 7.11 Å². The molecular weight excluding hydrogens is 388 g/mol. The van der Waals surface area contributed by atoms with E-state index in [-0.39, 0.29) is 28.7 Å². The molecule has 1 amide bonds. The lowest BCUT2D eigenvalue weighted by Crippen LogP contribution is -2.37. The Bertz CT molecular complexity index is 847. The van der Waals surface area contributed by atoms with Gasteiger partial charge in [-0.05, 0) is 30.5 Å². The topological polar surface area (TPSA) is 85.3 Å². The first-order valence-electron chi connectivity index (χ1n) is 8.96. The molecule has 4 rings (SSSR count). The Kier molecular flexibility index (Phi) is 5.17. The fourth-order valence-electron chi connectivity index (χ4n) is 3.69. The summed E-state index contributed by atoms with van der Waals surface area (Å²) in [4.78, 5) is 18.7. The summed E-state index contributed by atoms with van der Waals surface area (Å²) in [7, 11) is -1.44. The first-order chi connectivity index (χ1) is 12.9. The lowest BCUT2D eigenvalue weighted by atomic mass is 10.1. The maximum atomic E-state index is 12.4. The van der Waals surface area contributed by atoms with Gasteiger partial charge in [0.2, 0.25) is 0 Å². The molecule has 0 bridgehead atoms. The Morgan fingerprint density at radius 3 is 2.78 bits per heavy atom. The molecule has 0 aliphatic carbocycles. The summed E-state index contributed by atoms with van der Waals surface area (Å²) in [5.41, 5.74) is 1.01. The van der Waals surface area contributed by atoms with Crippen molar-refractivity contribution in [2.45, 2.75) is 36.8 Å². The van der Waals surface area contributed by atoms with Crippen LogP contribution in [0.4, 0.5) is 0 Å². The van der Waals surface area contributed by atoms with Crippen molar-refractivity contribution < 1.29 is 22.7 Å². The van der Waals surface area contributed by atoms with Crippen molar-refractivity contribution in [3.05, 3.63) is 29.8 Å². The van der Waals surface area contributed by atoms with Crippen LogP contribution in [0.1, 0.15) is 18.4 Å². The highest BCUT2D eigenvalue weighted by atomic mass is 32.2. The Labute approximate surface area is 163 Å². The highest BCUT2D eigenvalue weighted by molar-refractivity contribution is 8.15. The Morgan fingerprint density at radius 1 is 1.33 bits per heavy atom. The molecule has 7 nitrogen and oxygen atoms in total. The number of rotatable bonds is 4. The van der Waals surface area contributed by atoms with E-state index in [4.69, 9.17) is 9.47 Å². The minimum absolute atomic E-state index is 0.0794. The van der Waals surface area contributed by atoms with E-state index in [2.05, 4.69) is 4.99 Å². The molecule has 3 fully saturated rings. The van der Waals surface area contributed by atoms with Crippen LogP contribution in [-0.2, 0) is 25.9 Å². The molecule has 9 heteroatoms. The summed E-state index contributed by atoms with van der Waals surface area (Å²) in [6.45, 7) is 1.10. The molecular formula is C18H22N2O5S2. The van der Waals surface area contributed by atoms with E-state index >= 15 is 0 Å². The fourth-order valence-corrected chi connectivity index (χ4v) is 7.64. The van der Waals surface area contributed by atoms with E-state index in [1.807, 2.05) is 29.2 Å². The Morgan fingerprint density at radius 2 is 2.11 bits per heavy atom. The second kappa shape index (κ2) is 7.44. The zero-order chi connectivity index (χ0) is 19.0. The van der Waals surface area contributed by atoms with Crippen LogP contribution >= 0.6 is 11.8 Å². The standard InChI is InChI=1S/C18H22N2O5S2/c1-24-13-6-4-12(5-7-13)9-20-14-10-27(22,23)11-16(14)26-18(20)19-17(21)15-3-2-8-25-15/h4-7,14-16H,2-3,8-11H2,1H3/t14-,15-,16-/m0/s1. The first kappa shape index (κ1) is 18.8. The summed E-state index contributed by atoms with van der Waals surface area (Å²) in [5.74, 6) is 0.735. The van der Waals surface area contributed by atoms with E-state index in [1.165, 1.54) is 11.8 Å². The third-order valence-corrected chi connectivity index (χ3v) is 8.35. The van der Waals surface area contributed by atoms with Crippen molar-refractivity contribution in [1.82, 2.24) is 4.90 Å². The molecule has 1 aromatic carbocycles. The fraction of sp³-hybridized carbons (Fsp3) is 0.556. The van der Waals surface area contributed by atoms with Gasteiger partial charge < -0.3 is 14.4 Å². The highest BCUT2D eigenvalue weighted by Crippen LogP contribution is 2.39. The average Bonchev–Trinajstić information content (AvgIpc) is 3.33. The summed E-state index contributed by atoms with van der Waals surface area (Å²) in [5, 5.41) is 0.528. The summed E-state index contributed by atoms with van der Waals surface area (Å²) in [6, 6.07) is 7.48. The van der Waals surface area contributed by atoms with E-state index in [0.717, 1.165) is 17.7 Å². The molecule has 0 N–H and O–H groups in total. The van der Waals surface area contributed by atoms with E-state index in [0.29, 0.717) is 24.7 Å². The van der Waals surface area contributed by atoms with Crippen molar-refractivity contribution >= 4 is 32.7 Å². The van der Waals surface area contributed by atoms with Gasteiger partial charge in [0.1, 0.15) is 11.9 Å². The molecule has 0 spiro atoms. The highest BCUT2D eigenvalue weighted by Gasteiger charge is 2.48. The molecule has 3 atom stereocenters. The third kappa shape index (κ3) is 4.00. The van der Waals surface area contributed by atoms with Gasteiger partial charge in [-0.2, -0.15) is 4.99 Å². The number of fused-ring (bicyclic) bond motifs is 1. The first-order valence-corrected chi connectivity index (χ1v) is 11.7. The number of ether oxygens (including phenoxy) is 2. The second-order valence-corrected chi connectivity index (χ2v) is 10.4. The SMILES string of the molecule is COc1ccc(CN2C(=NC(=O)[C@@H]3CCCO3)S[C@H]3CS(=O)(=O)C[C@@H]32)cc1. The van der Waals surface area contributed by atoms with Gasteiger partial charge >= 0.3 is 0 Å². The van der Waals surface area contributed by atoms with Crippen molar-refractivity contribution in [3.8, 4) is 5.75 Å². The number of hydrogen-bond acceptors (Lipinski definition) is 6. The zero-order valence-corrected chi connectivity index (χ0v) is 16.7. The lowest BCUT2D eigenvalue weighted by molar-refractivity contribution is -0.126. The number of sulfone groups is 1. The van der Waals surface area contributed by atoms with Crippen LogP contribution in [-0.4, -0.2) is 67.0 Å². The number of methoxy groups -OCH3 is 1. The summed E-state index contributed by atoms with van der Waals surface area (Å²) in [6.07, 6.45) is 1.10. The predicted octanol–water partition coefficient (Wildman–Crippen LogP) is 1.47. The number of amides is 1. The largest absolute Gasteiger partial charge is 0.497 e. The van der Waals surface area contributed by atoms with Gasteiger partial charge in [0.15, 0.2) is 15.0 Å². The van der Waals surface area contributed by atoms with Crippen LogP contribution in [0.2, 0.25) is 0 Å². The number of hydrogen-bond donors (Lipinski definition) is 0. The van der Waals surface area contributed by atoms with Gasteiger partial charge in [-0.1, -0.05) is 23.9 Å². The van der Waals surface area contributed by atoms with Crippen molar-refractivity contribution in [2.24, 2.45) is 4.99 Å². The van der Waals surface area contributed by atoms with Crippen LogP contribution in [0.25, 0.3) is 0 Å². The van der Waals surface area contributed by atoms with Gasteiger partial charge in [-0.25, -0.2) is 8.42 Å².